The summed E-state index contributed by atoms with van der Waals surface area (Å²) in [4.78, 5) is 0. The lowest BCUT2D eigenvalue weighted by molar-refractivity contribution is -0.123. The lowest BCUT2D eigenvalue weighted by Gasteiger charge is -2.16. The van der Waals surface area contributed by atoms with Gasteiger partial charge in [0.15, 0.2) is 6.29 Å². The van der Waals surface area contributed by atoms with Gasteiger partial charge in [0.1, 0.15) is 0 Å². The third kappa shape index (κ3) is 3.82. The molecule has 1 atom stereocenters. The van der Waals surface area contributed by atoms with Gasteiger partial charge in [-0.05, 0) is 6.92 Å². The molecule has 0 amide bonds. The van der Waals surface area contributed by atoms with Crippen molar-refractivity contribution < 1.29 is 14.2 Å². The number of ether oxygens (including phenoxy) is 3. The van der Waals surface area contributed by atoms with Crippen LogP contribution in [0.15, 0.2) is 0 Å². The Labute approximate surface area is 62.3 Å². The molecular formula is C7H16O3. The normalized spacial score (nSPS) is 14.1. The van der Waals surface area contributed by atoms with Gasteiger partial charge in [-0.3, -0.25) is 0 Å². The maximum absolute atomic E-state index is 5.02. The summed E-state index contributed by atoms with van der Waals surface area (Å²) in [5.74, 6) is 0. The van der Waals surface area contributed by atoms with Crippen LogP contribution in [0.3, 0.4) is 0 Å². The van der Waals surface area contributed by atoms with Crippen LogP contribution in [-0.2, 0) is 14.2 Å². The Kier molecular flexibility index (Phi) is 5.58. The van der Waals surface area contributed by atoms with Gasteiger partial charge in [-0.25, -0.2) is 0 Å². The van der Waals surface area contributed by atoms with Gasteiger partial charge in [-0.2, -0.15) is 0 Å². The van der Waals surface area contributed by atoms with Crippen LogP contribution in [0.1, 0.15) is 13.3 Å². The van der Waals surface area contributed by atoms with Crippen molar-refractivity contribution in [2.45, 2.75) is 25.7 Å². The van der Waals surface area contributed by atoms with Crippen molar-refractivity contribution in [3.8, 4) is 0 Å². The van der Waals surface area contributed by atoms with Crippen LogP contribution >= 0.6 is 0 Å². The first-order chi connectivity index (χ1) is 4.74. The standard InChI is InChI=1S/C7H16O3/c1-6(8-2)5-7(9-3)10-4/h6-7H,5H2,1-4H3. The second-order valence-electron chi connectivity index (χ2n) is 2.18. The molecule has 0 aliphatic heterocycles. The van der Waals surface area contributed by atoms with Gasteiger partial charge in [0.2, 0.25) is 0 Å². The third-order valence-electron chi connectivity index (χ3n) is 1.45. The largest absolute Gasteiger partial charge is 0.382 e. The lowest BCUT2D eigenvalue weighted by atomic mass is 10.3. The monoisotopic (exact) mass is 148 g/mol. The van der Waals surface area contributed by atoms with Crippen LogP contribution in [0.4, 0.5) is 0 Å². The van der Waals surface area contributed by atoms with Crippen molar-refractivity contribution in [2.24, 2.45) is 0 Å². The molecule has 0 rings (SSSR count). The zero-order chi connectivity index (χ0) is 7.98. The van der Waals surface area contributed by atoms with Crippen LogP contribution < -0.4 is 0 Å². The van der Waals surface area contributed by atoms with Crippen molar-refractivity contribution in [2.75, 3.05) is 21.3 Å². The molecule has 3 heteroatoms. The molecule has 0 aliphatic rings. The smallest absolute Gasteiger partial charge is 0.159 e. The zero-order valence-corrected chi connectivity index (χ0v) is 7.09. The SMILES string of the molecule is COC(C)CC(OC)OC. The Morgan fingerprint density at radius 1 is 1.00 bits per heavy atom. The molecule has 0 N–H and O–H groups in total. The maximum atomic E-state index is 5.02. The highest BCUT2D eigenvalue weighted by molar-refractivity contribution is 4.51. The summed E-state index contributed by atoms with van der Waals surface area (Å²) in [6.45, 7) is 1.98. The average Bonchev–Trinajstić information content (AvgIpc) is 1.99. The highest BCUT2D eigenvalue weighted by atomic mass is 16.7. The first-order valence-electron chi connectivity index (χ1n) is 3.33. The Hall–Kier alpha value is -0.120. The van der Waals surface area contributed by atoms with Gasteiger partial charge < -0.3 is 14.2 Å². The van der Waals surface area contributed by atoms with Crippen LogP contribution in [0, 0.1) is 0 Å². The molecular weight excluding hydrogens is 132 g/mol. The zero-order valence-electron chi connectivity index (χ0n) is 7.09. The Bertz CT molecular complexity index is 71.3. The molecule has 10 heavy (non-hydrogen) atoms. The highest BCUT2D eigenvalue weighted by Crippen LogP contribution is 2.04. The molecule has 0 spiro atoms. The van der Waals surface area contributed by atoms with Crippen LogP contribution in [-0.4, -0.2) is 33.7 Å². The van der Waals surface area contributed by atoms with Crippen molar-refractivity contribution in [3.05, 3.63) is 0 Å². The summed E-state index contributed by atoms with van der Waals surface area (Å²) in [7, 11) is 4.92. The van der Waals surface area contributed by atoms with E-state index in [0.717, 1.165) is 6.42 Å². The Morgan fingerprint density at radius 3 is 1.80 bits per heavy atom. The van der Waals surface area contributed by atoms with E-state index in [1.165, 1.54) is 0 Å². The fourth-order valence-electron chi connectivity index (χ4n) is 0.656. The third-order valence-corrected chi connectivity index (χ3v) is 1.45. The molecule has 62 valence electrons. The van der Waals surface area contributed by atoms with Crippen LogP contribution in [0.25, 0.3) is 0 Å². The van der Waals surface area contributed by atoms with Crippen molar-refractivity contribution in [1.82, 2.24) is 0 Å². The van der Waals surface area contributed by atoms with E-state index in [4.69, 9.17) is 14.2 Å². The van der Waals surface area contributed by atoms with E-state index >= 15 is 0 Å². The topological polar surface area (TPSA) is 27.7 Å². The Morgan fingerprint density at radius 2 is 1.50 bits per heavy atom. The van der Waals surface area contributed by atoms with Crippen molar-refractivity contribution in [1.29, 1.82) is 0 Å². The van der Waals surface area contributed by atoms with Gasteiger partial charge in [-0.15, -0.1) is 0 Å². The summed E-state index contributed by atoms with van der Waals surface area (Å²) in [5, 5.41) is 0. The molecule has 0 aromatic carbocycles. The minimum absolute atomic E-state index is 0.144. The minimum Gasteiger partial charge on any atom is -0.382 e. The van der Waals surface area contributed by atoms with Crippen molar-refractivity contribution in [3.63, 3.8) is 0 Å². The Balaban J connectivity index is 3.41. The summed E-state index contributed by atoms with van der Waals surface area (Å²) >= 11 is 0. The molecule has 0 aromatic heterocycles. The number of hydrogen-bond acceptors (Lipinski definition) is 3. The second kappa shape index (κ2) is 5.65. The summed E-state index contributed by atoms with van der Waals surface area (Å²) < 4.78 is 15.0. The van der Waals surface area contributed by atoms with E-state index in [0.29, 0.717) is 0 Å². The first kappa shape index (κ1) is 9.88. The van der Waals surface area contributed by atoms with Gasteiger partial charge in [0.25, 0.3) is 0 Å². The quantitative estimate of drug-likeness (QED) is 0.545. The molecule has 1 unspecified atom stereocenters. The number of methoxy groups -OCH3 is 3. The second-order valence-corrected chi connectivity index (χ2v) is 2.18. The summed E-state index contributed by atoms with van der Waals surface area (Å²) in [6.07, 6.45) is 0.809. The number of hydrogen-bond donors (Lipinski definition) is 0. The average molecular weight is 148 g/mol. The minimum atomic E-state index is -0.144. The molecule has 0 aliphatic carbocycles. The molecule has 0 saturated heterocycles. The highest BCUT2D eigenvalue weighted by Gasteiger charge is 2.09. The van der Waals surface area contributed by atoms with E-state index in [2.05, 4.69) is 0 Å². The molecule has 3 nitrogen and oxygen atoms in total. The maximum Gasteiger partial charge on any atom is 0.159 e. The van der Waals surface area contributed by atoms with E-state index in [-0.39, 0.29) is 12.4 Å². The fourth-order valence-corrected chi connectivity index (χ4v) is 0.656. The summed E-state index contributed by atoms with van der Waals surface area (Å²) in [5.41, 5.74) is 0. The molecule has 0 aromatic rings. The van der Waals surface area contributed by atoms with E-state index in [1.54, 1.807) is 21.3 Å². The number of rotatable bonds is 5. The van der Waals surface area contributed by atoms with Gasteiger partial charge in [0.05, 0.1) is 6.10 Å². The molecule has 0 heterocycles. The van der Waals surface area contributed by atoms with E-state index in [9.17, 15) is 0 Å². The van der Waals surface area contributed by atoms with E-state index in [1.807, 2.05) is 6.92 Å². The molecule has 0 bridgehead atoms. The van der Waals surface area contributed by atoms with Gasteiger partial charge >= 0.3 is 0 Å². The molecule has 0 saturated carbocycles. The molecule has 0 radical (unpaired) electrons. The predicted molar refractivity (Wildman–Crippen MR) is 38.9 cm³/mol. The lowest BCUT2D eigenvalue weighted by Crippen LogP contribution is -2.20. The van der Waals surface area contributed by atoms with Gasteiger partial charge in [-0.1, -0.05) is 0 Å². The first-order valence-corrected chi connectivity index (χ1v) is 3.33. The van der Waals surface area contributed by atoms with Crippen molar-refractivity contribution >= 4 is 0 Å². The fraction of sp³-hybridized carbons (Fsp3) is 1.00. The van der Waals surface area contributed by atoms with Crippen LogP contribution in [0.2, 0.25) is 0 Å². The predicted octanol–water partition coefficient (Wildman–Crippen LogP) is 1.03. The van der Waals surface area contributed by atoms with Crippen LogP contribution in [0.5, 0.6) is 0 Å². The molecule has 0 fully saturated rings. The summed E-state index contributed by atoms with van der Waals surface area (Å²) in [6, 6.07) is 0. The van der Waals surface area contributed by atoms with Gasteiger partial charge in [0, 0.05) is 27.8 Å². The van der Waals surface area contributed by atoms with E-state index < -0.39 is 0 Å².